The second kappa shape index (κ2) is 5.84. The molecule has 0 bridgehead atoms. The van der Waals surface area contributed by atoms with Gasteiger partial charge in [0.05, 0.1) is 28.0 Å². The third-order valence-corrected chi connectivity index (χ3v) is 4.48. The monoisotopic (exact) mass is 350 g/mol. The highest BCUT2D eigenvalue weighted by Gasteiger charge is 2.26. The van der Waals surface area contributed by atoms with Crippen molar-refractivity contribution in [1.29, 1.82) is 0 Å². The minimum atomic E-state index is -0.477. The van der Waals surface area contributed by atoms with Gasteiger partial charge >= 0.3 is 0 Å². The average Bonchev–Trinajstić information content (AvgIpc) is 3.13. The van der Waals surface area contributed by atoms with Gasteiger partial charge in [-0.1, -0.05) is 11.2 Å². The Hall–Kier alpha value is -3.41. The Morgan fingerprint density at radius 1 is 1.15 bits per heavy atom. The zero-order chi connectivity index (χ0) is 18.4. The normalized spacial score (nSPS) is 11.2. The van der Waals surface area contributed by atoms with Crippen molar-refractivity contribution in [3.05, 3.63) is 65.3 Å². The van der Waals surface area contributed by atoms with E-state index in [-0.39, 0.29) is 16.7 Å². The number of nitrogens with zero attached hydrogens (tertiary/aromatic N) is 2. The molecule has 0 saturated heterocycles. The third kappa shape index (κ3) is 2.23. The number of aldehydes is 1. The summed E-state index contributed by atoms with van der Waals surface area (Å²) < 4.78 is 21.7. The molecular weight excluding hydrogens is 335 g/mol. The molecule has 2 aromatic carbocycles. The van der Waals surface area contributed by atoms with Crippen LogP contribution in [0.1, 0.15) is 21.8 Å². The van der Waals surface area contributed by atoms with Gasteiger partial charge in [-0.15, -0.1) is 0 Å². The van der Waals surface area contributed by atoms with E-state index in [4.69, 9.17) is 4.52 Å². The third-order valence-electron chi connectivity index (χ3n) is 4.48. The molecule has 0 unspecified atom stereocenters. The van der Waals surface area contributed by atoms with Gasteiger partial charge in [-0.3, -0.25) is 4.79 Å². The molecule has 0 atom stereocenters. The number of aromatic nitrogens is 2. The lowest BCUT2D eigenvalue weighted by Gasteiger charge is -2.11. The van der Waals surface area contributed by atoms with Crippen molar-refractivity contribution in [3.63, 3.8) is 0 Å². The van der Waals surface area contributed by atoms with Crippen LogP contribution in [-0.4, -0.2) is 21.1 Å². The van der Waals surface area contributed by atoms with Crippen molar-refractivity contribution < 1.29 is 18.8 Å². The quantitative estimate of drug-likeness (QED) is 0.550. The zero-order valence-corrected chi connectivity index (χ0v) is 14.2. The Morgan fingerprint density at radius 2 is 1.88 bits per heavy atom. The topological polar surface area (TPSA) is 68.3 Å². The number of hydrogen-bond acceptors (Lipinski definition) is 4. The lowest BCUT2D eigenvalue weighted by molar-refractivity contribution is 0.112. The van der Waals surface area contributed by atoms with Gasteiger partial charge in [0.15, 0.2) is 6.29 Å². The number of hydrogen-bond donors (Lipinski definition) is 1. The van der Waals surface area contributed by atoms with Crippen molar-refractivity contribution in [3.8, 4) is 22.7 Å². The fraction of sp³-hybridized carbons (Fsp3) is 0.100. The smallest absolute Gasteiger partial charge is 0.152 e. The summed E-state index contributed by atoms with van der Waals surface area (Å²) in [5, 5.41) is 13.8. The van der Waals surface area contributed by atoms with E-state index in [9.17, 15) is 14.3 Å². The molecule has 0 aliphatic carbocycles. The molecule has 0 radical (unpaired) electrons. The van der Waals surface area contributed by atoms with E-state index in [2.05, 4.69) is 5.16 Å². The molecule has 6 heteroatoms. The first-order valence-corrected chi connectivity index (χ1v) is 8.03. The van der Waals surface area contributed by atoms with Crippen LogP contribution in [0, 0.1) is 19.7 Å². The molecule has 5 nitrogen and oxygen atoms in total. The molecule has 0 aliphatic rings. The summed E-state index contributed by atoms with van der Waals surface area (Å²) in [5.41, 5.74) is 3.24. The maximum Gasteiger partial charge on any atom is 0.152 e. The predicted octanol–water partition coefficient (Wildman–Crippen LogP) is 4.56. The Kier molecular flexibility index (Phi) is 3.61. The number of carbonyl (C=O) groups is 1. The minimum absolute atomic E-state index is 0.117. The van der Waals surface area contributed by atoms with Crippen LogP contribution < -0.4 is 0 Å². The highest BCUT2D eigenvalue weighted by atomic mass is 19.1. The fourth-order valence-electron chi connectivity index (χ4n) is 3.38. The van der Waals surface area contributed by atoms with Crippen LogP contribution in [0.4, 0.5) is 4.39 Å². The molecule has 4 aromatic rings. The van der Waals surface area contributed by atoms with Crippen LogP contribution in [0.15, 0.2) is 47.0 Å². The van der Waals surface area contributed by atoms with Crippen molar-refractivity contribution in [2.45, 2.75) is 13.8 Å². The summed E-state index contributed by atoms with van der Waals surface area (Å²) in [4.78, 5) is 11.9. The van der Waals surface area contributed by atoms with Crippen LogP contribution in [0.2, 0.25) is 0 Å². The zero-order valence-electron chi connectivity index (χ0n) is 14.2. The second-order valence-electron chi connectivity index (χ2n) is 6.07. The number of phenols is 1. The fourth-order valence-corrected chi connectivity index (χ4v) is 3.38. The predicted molar refractivity (Wildman–Crippen MR) is 95.3 cm³/mol. The highest BCUT2D eigenvalue weighted by Crippen LogP contribution is 2.39. The maximum atomic E-state index is 14.6. The van der Waals surface area contributed by atoms with Crippen molar-refractivity contribution in [2.75, 3.05) is 0 Å². The van der Waals surface area contributed by atoms with Gasteiger partial charge < -0.3 is 14.2 Å². The molecule has 1 N–H and O–H groups in total. The number of aromatic hydroxyl groups is 1. The van der Waals surface area contributed by atoms with E-state index in [1.54, 1.807) is 42.7 Å². The van der Waals surface area contributed by atoms with E-state index in [1.807, 2.05) is 0 Å². The molecule has 0 aliphatic heterocycles. The van der Waals surface area contributed by atoms with E-state index in [0.29, 0.717) is 40.2 Å². The van der Waals surface area contributed by atoms with Crippen LogP contribution in [0.25, 0.3) is 27.8 Å². The molecule has 0 amide bonds. The maximum absolute atomic E-state index is 14.6. The van der Waals surface area contributed by atoms with Crippen molar-refractivity contribution in [2.24, 2.45) is 0 Å². The van der Waals surface area contributed by atoms with Gasteiger partial charge in [-0.2, -0.15) is 0 Å². The van der Waals surface area contributed by atoms with Gasteiger partial charge in [0.2, 0.25) is 0 Å². The van der Waals surface area contributed by atoms with E-state index < -0.39 is 5.82 Å². The molecule has 0 fully saturated rings. The number of phenolic OH excluding ortho intramolecular Hbond substituents is 1. The summed E-state index contributed by atoms with van der Waals surface area (Å²) in [6.45, 7) is 3.52. The van der Waals surface area contributed by atoms with Crippen LogP contribution in [-0.2, 0) is 0 Å². The first-order valence-electron chi connectivity index (χ1n) is 8.03. The number of aryl methyl sites for hydroxylation is 2. The standard InChI is InChI=1S/C20H15FN2O3/c1-11-18(12(2)26-22-11)20-15(10-24)19-16(21)4-3-5-17(19)23(20)13-6-8-14(25)9-7-13/h3-10,25H,1-2H3. The van der Waals surface area contributed by atoms with Gasteiger partial charge in [0.25, 0.3) is 0 Å². The first kappa shape index (κ1) is 16.1. The Labute approximate surface area is 148 Å². The lowest BCUT2D eigenvalue weighted by Crippen LogP contribution is -1.99. The molecule has 2 aromatic heterocycles. The van der Waals surface area contributed by atoms with Gasteiger partial charge in [0, 0.05) is 11.1 Å². The summed E-state index contributed by atoms with van der Waals surface area (Å²) in [6.07, 6.45) is 0.656. The number of halogens is 1. The van der Waals surface area contributed by atoms with Gasteiger partial charge in [-0.05, 0) is 50.2 Å². The van der Waals surface area contributed by atoms with E-state index in [1.165, 1.54) is 18.2 Å². The number of rotatable bonds is 3. The second-order valence-corrected chi connectivity index (χ2v) is 6.07. The molecule has 130 valence electrons. The summed E-state index contributed by atoms with van der Waals surface area (Å²) in [5.74, 6) is 0.176. The molecule has 2 heterocycles. The van der Waals surface area contributed by atoms with Crippen LogP contribution in [0.3, 0.4) is 0 Å². The molecule has 4 rings (SSSR count). The van der Waals surface area contributed by atoms with Gasteiger partial charge in [-0.25, -0.2) is 4.39 Å². The molecule has 0 saturated carbocycles. The summed E-state index contributed by atoms with van der Waals surface area (Å²) in [6, 6.07) is 11.2. The number of carbonyl (C=O) groups excluding carboxylic acids is 1. The van der Waals surface area contributed by atoms with E-state index >= 15 is 0 Å². The van der Waals surface area contributed by atoms with Crippen LogP contribution >= 0.6 is 0 Å². The molecule has 26 heavy (non-hydrogen) atoms. The van der Waals surface area contributed by atoms with Crippen molar-refractivity contribution in [1.82, 2.24) is 9.72 Å². The Balaban J connectivity index is 2.22. The first-order chi connectivity index (χ1) is 12.5. The average molecular weight is 350 g/mol. The molecule has 0 spiro atoms. The molecular formula is C20H15FN2O3. The highest BCUT2D eigenvalue weighted by molar-refractivity contribution is 6.06. The lowest BCUT2D eigenvalue weighted by atomic mass is 10.0. The van der Waals surface area contributed by atoms with Crippen LogP contribution in [0.5, 0.6) is 5.75 Å². The number of fused-ring (bicyclic) bond motifs is 1. The summed E-state index contributed by atoms with van der Waals surface area (Å²) >= 11 is 0. The Morgan fingerprint density at radius 3 is 2.50 bits per heavy atom. The van der Waals surface area contributed by atoms with E-state index in [0.717, 1.165) is 0 Å². The SMILES string of the molecule is Cc1noc(C)c1-c1c(C=O)c2c(F)cccc2n1-c1ccc(O)cc1. The number of benzene rings is 2. The Bertz CT molecular complexity index is 1120. The van der Waals surface area contributed by atoms with Crippen molar-refractivity contribution >= 4 is 17.2 Å². The summed E-state index contributed by atoms with van der Waals surface area (Å²) in [7, 11) is 0. The van der Waals surface area contributed by atoms with Gasteiger partial charge in [0.1, 0.15) is 17.3 Å². The minimum Gasteiger partial charge on any atom is -0.508 e. The largest absolute Gasteiger partial charge is 0.508 e.